The van der Waals surface area contributed by atoms with E-state index in [2.05, 4.69) is 9.71 Å². The highest BCUT2D eigenvalue weighted by atomic mass is 32.2. The third-order valence-electron chi connectivity index (χ3n) is 4.58. The Bertz CT molecular complexity index is 1400. The molecule has 2 aromatic carbocycles. The standard InChI is InChI=1S/C23H21N3O4S2/c1-2-30-18-10-12-19(13-11-18)32(28,29)25-20-7-3-4-8-21(20)31-16-17-15-23(27)26-14-6-5-9-22(26)24-17/h3-15,25H,2,16H2,1H3. The fourth-order valence-electron chi connectivity index (χ4n) is 3.09. The lowest BCUT2D eigenvalue weighted by Gasteiger charge is -2.13. The molecule has 0 amide bonds. The van der Waals surface area contributed by atoms with Gasteiger partial charge in [0.25, 0.3) is 15.6 Å². The lowest BCUT2D eigenvalue weighted by atomic mass is 10.3. The van der Waals surface area contributed by atoms with Crippen LogP contribution in [0.5, 0.6) is 5.75 Å². The van der Waals surface area contributed by atoms with Crippen molar-refractivity contribution in [1.82, 2.24) is 9.38 Å². The number of anilines is 1. The zero-order chi connectivity index (χ0) is 22.6. The number of aromatic nitrogens is 2. The van der Waals surface area contributed by atoms with Crippen LogP contribution in [0.25, 0.3) is 5.65 Å². The Morgan fingerprint density at radius 1 is 1.03 bits per heavy atom. The molecule has 0 bridgehead atoms. The van der Waals surface area contributed by atoms with Crippen LogP contribution in [0, 0.1) is 0 Å². The Hall–Kier alpha value is -3.30. The van der Waals surface area contributed by atoms with Crippen LogP contribution >= 0.6 is 11.8 Å². The Balaban J connectivity index is 1.53. The predicted octanol–water partition coefficient (Wildman–Crippen LogP) is 4.19. The first-order valence-corrected chi connectivity index (χ1v) is 12.4. The third-order valence-corrected chi connectivity index (χ3v) is 7.06. The number of hydrogen-bond donors (Lipinski definition) is 1. The number of pyridine rings is 1. The van der Waals surface area contributed by atoms with Gasteiger partial charge in [-0.3, -0.25) is 13.9 Å². The van der Waals surface area contributed by atoms with Gasteiger partial charge in [-0.1, -0.05) is 18.2 Å². The van der Waals surface area contributed by atoms with Crippen molar-refractivity contribution in [3.05, 3.63) is 95.0 Å². The Labute approximate surface area is 190 Å². The summed E-state index contributed by atoms with van der Waals surface area (Å²) in [7, 11) is -3.77. The summed E-state index contributed by atoms with van der Waals surface area (Å²) in [5, 5.41) is 0. The molecule has 0 aliphatic rings. The number of nitrogens with zero attached hydrogens (tertiary/aromatic N) is 2. The number of ether oxygens (including phenoxy) is 1. The normalized spacial score (nSPS) is 11.4. The first-order chi connectivity index (χ1) is 15.5. The van der Waals surface area contributed by atoms with E-state index in [-0.39, 0.29) is 10.5 Å². The second kappa shape index (κ2) is 9.46. The van der Waals surface area contributed by atoms with E-state index in [0.717, 1.165) is 4.90 Å². The molecule has 32 heavy (non-hydrogen) atoms. The van der Waals surface area contributed by atoms with Gasteiger partial charge < -0.3 is 4.74 Å². The van der Waals surface area contributed by atoms with Crippen molar-refractivity contribution in [3.8, 4) is 5.75 Å². The molecule has 0 spiro atoms. The zero-order valence-electron chi connectivity index (χ0n) is 17.3. The number of rotatable bonds is 8. The van der Waals surface area contributed by atoms with Crippen molar-refractivity contribution in [1.29, 1.82) is 0 Å². The highest BCUT2D eigenvalue weighted by molar-refractivity contribution is 7.98. The first kappa shape index (κ1) is 21.9. The van der Waals surface area contributed by atoms with Crippen LogP contribution in [-0.2, 0) is 15.8 Å². The number of para-hydroxylation sites is 1. The van der Waals surface area contributed by atoms with Gasteiger partial charge in [-0.15, -0.1) is 11.8 Å². The van der Waals surface area contributed by atoms with E-state index >= 15 is 0 Å². The van der Waals surface area contributed by atoms with Crippen LogP contribution in [0.3, 0.4) is 0 Å². The number of hydrogen-bond acceptors (Lipinski definition) is 6. The highest BCUT2D eigenvalue weighted by Gasteiger charge is 2.16. The van der Waals surface area contributed by atoms with Gasteiger partial charge in [0.1, 0.15) is 11.4 Å². The largest absolute Gasteiger partial charge is 0.494 e. The Kier molecular flexibility index (Phi) is 6.48. The van der Waals surface area contributed by atoms with Crippen molar-refractivity contribution in [2.24, 2.45) is 0 Å². The summed E-state index contributed by atoms with van der Waals surface area (Å²) in [6.07, 6.45) is 1.67. The van der Waals surface area contributed by atoms with Gasteiger partial charge in [-0.25, -0.2) is 13.4 Å². The molecule has 164 valence electrons. The van der Waals surface area contributed by atoms with Crippen LogP contribution in [-0.4, -0.2) is 24.4 Å². The molecular formula is C23H21N3O4S2. The molecule has 0 unspecified atom stereocenters. The number of nitrogens with one attached hydrogen (secondary N) is 1. The monoisotopic (exact) mass is 467 g/mol. The van der Waals surface area contributed by atoms with E-state index in [1.165, 1.54) is 34.4 Å². The Morgan fingerprint density at radius 3 is 2.56 bits per heavy atom. The van der Waals surface area contributed by atoms with Crippen LogP contribution in [0.1, 0.15) is 12.6 Å². The van der Waals surface area contributed by atoms with Crippen molar-refractivity contribution < 1.29 is 13.2 Å². The number of thioether (sulfide) groups is 1. The van der Waals surface area contributed by atoms with Gasteiger partial charge in [0.2, 0.25) is 0 Å². The van der Waals surface area contributed by atoms with Crippen molar-refractivity contribution in [2.75, 3.05) is 11.3 Å². The molecule has 0 aliphatic carbocycles. The summed E-state index contributed by atoms with van der Waals surface area (Å²) >= 11 is 1.40. The summed E-state index contributed by atoms with van der Waals surface area (Å²) in [5.74, 6) is 1.03. The minimum absolute atomic E-state index is 0.143. The van der Waals surface area contributed by atoms with Crippen LogP contribution < -0.4 is 15.0 Å². The minimum atomic E-state index is -3.77. The molecule has 7 nitrogen and oxygen atoms in total. The van der Waals surface area contributed by atoms with Gasteiger partial charge in [-0.2, -0.15) is 0 Å². The first-order valence-electron chi connectivity index (χ1n) is 9.91. The average Bonchev–Trinajstić information content (AvgIpc) is 2.79. The average molecular weight is 468 g/mol. The fraction of sp³-hybridized carbons (Fsp3) is 0.130. The maximum absolute atomic E-state index is 12.9. The van der Waals surface area contributed by atoms with Crippen LogP contribution in [0.15, 0.2) is 93.6 Å². The van der Waals surface area contributed by atoms with Crippen molar-refractivity contribution in [2.45, 2.75) is 22.5 Å². The summed E-state index contributed by atoms with van der Waals surface area (Å²) in [4.78, 5) is 17.7. The van der Waals surface area contributed by atoms with E-state index in [0.29, 0.717) is 35.1 Å². The molecule has 2 aromatic heterocycles. The van der Waals surface area contributed by atoms with Crippen LogP contribution in [0.4, 0.5) is 5.69 Å². The van der Waals surface area contributed by atoms with Gasteiger partial charge in [0, 0.05) is 22.9 Å². The Morgan fingerprint density at radius 2 is 1.78 bits per heavy atom. The second-order valence-electron chi connectivity index (χ2n) is 6.81. The summed E-state index contributed by atoms with van der Waals surface area (Å²) in [6.45, 7) is 2.37. The molecule has 1 N–H and O–H groups in total. The lowest BCUT2D eigenvalue weighted by Crippen LogP contribution is -2.15. The maximum atomic E-state index is 12.9. The topological polar surface area (TPSA) is 89.8 Å². The fourth-order valence-corrected chi connectivity index (χ4v) is 5.14. The zero-order valence-corrected chi connectivity index (χ0v) is 18.9. The van der Waals surface area contributed by atoms with Gasteiger partial charge in [-0.05, 0) is 55.5 Å². The highest BCUT2D eigenvalue weighted by Crippen LogP contribution is 2.31. The lowest BCUT2D eigenvalue weighted by molar-refractivity contribution is 0.340. The smallest absolute Gasteiger partial charge is 0.261 e. The van der Waals surface area contributed by atoms with E-state index in [9.17, 15) is 13.2 Å². The summed E-state index contributed by atoms with van der Waals surface area (Å²) in [6, 6.07) is 20.3. The molecule has 0 saturated carbocycles. The molecule has 2 heterocycles. The number of sulfonamides is 1. The molecule has 0 aliphatic heterocycles. The third kappa shape index (κ3) is 4.95. The molecule has 0 radical (unpaired) electrons. The predicted molar refractivity (Wildman–Crippen MR) is 126 cm³/mol. The number of fused-ring (bicyclic) bond motifs is 1. The second-order valence-corrected chi connectivity index (χ2v) is 9.51. The minimum Gasteiger partial charge on any atom is -0.494 e. The molecule has 0 saturated heterocycles. The van der Waals surface area contributed by atoms with Gasteiger partial charge >= 0.3 is 0 Å². The molecule has 4 rings (SSSR count). The summed E-state index contributed by atoms with van der Waals surface area (Å²) in [5.41, 5.74) is 1.50. The molecular weight excluding hydrogens is 446 g/mol. The van der Waals surface area contributed by atoms with Crippen molar-refractivity contribution >= 4 is 33.1 Å². The van der Waals surface area contributed by atoms with Gasteiger partial charge in [0.05, 0.1) is 22.9 Å². The maximum Gasteiger partial charge on any atom is 0.261 e. The van der Waals surface area contributed by atoms with E-state index in [1.54, 1.807) is 42.6 Å². The quantitative estimate of drug-likeness (QED) is 0.391. The van der Waals surface area contributed by atoms with Crippen molar-refractivity contribution in [3.63, 3.8) is 0 Å². The van der Waals surface area contributed by atoms with E-state index in [4.69, 9.17) is 4.74 Å². The summed E-state index contributed by atoms with van der Waals surface area (Å²) < 4.78 is 35.2. The molecule has 0 atom stereocenters. The molecule has 4 aromatic rings. The molecule has 9 heteroatoms. The SMILES string of the molecule is CCOc1ccc(S(=O)(=O)Nc2ccccc2SCc2cc(=O)n3ccccc3n2)cc1. The molecule has 0 fully saturated rings. The van der Waals surface area contributed by atoms with Gasteiger partial charge in [0.15, 0.2) is 0 Å². The number of benzene rings is 2. The van der Waals surface area contributed by atoms with E-state index < -0.39 is 10.0 Å². The van der Waals surface area contributed by atoms with E-state index in [1.807, 2.05) is 25.1 Å². The van der Waals surface area contributed by atoms with Crippen LogP contribution in [0.2, 0.25) is 0 Å².